The quantitative estimate of drug-likeness (QED) is 0.881. The van der Waals surface area contributed by atoms with E-state index in [0.29, 0.717) is 6.54 Å². The summed E-state index contributed by atoms with van der Waals surface area (Å²) in [6.45, 7) is 5.85. The summed E-state index contributed by atoms with van der Waals surface area (Å²) < 4.78 is 27.7. The van der Waals surface area contributed by atoms with Crippen molar-refractivity contribution in [2.24, 2.45) is 5.92 Å². The number of carbonyl (C=O) groups is 1. The Morgan fingerprint density at radius 3 is 2.62 bits per heavy atom. The van der Waals surface area contributed by atoms with Crippen LogP contribution in [0.3, 0.4) is 0 Å². The highest BCUT2D eigenvalue weighted by molar-refractivity contribution is 5.94. The van der Waals surface area contributed by atoms with Crippen molar-refractivity contribution < 1.29 is 13.6 Å². The fraction of sp³-hybridized carbons (Fsp3) is 0.381. The van der Waals surface area contributed by atoms with E-state index in [1.54, 1.807) is 29.2 Å². The SMILES string of the molecule is CC(C)N(CC1CNCC1c1cccc(F)c1)C(=O)c1ccccc1F. The summed E-state index contributed by atoms with van der Waals surface area (Å²) in [6.07, 6.45) is 0. The number of amides is 1. The van der Waals surface area contributed by atoms with E-state index in [9.17, 15) is 13.6 Å². The van der Waals surface area contributed by atoms with Crippen LogP contribution in [0.25, 0.3) is 0 Å². The van der Waals surface area contributed by atoms with Gasteiger partial charge in [0.05, 0.1) is 5.56 Å². The minimum atomic E-state index is -0.505. The Balaban J connectivity index is 1.81. The van der Waals surface area contributed by atoms with E-state index in [-0.39, 0.29) is 35.2 Å². The number of halogens is 2. The summed E-state index contributed by atoms with van der Waals surface area (Å²) in [7, 11) is 0. The number of hydrogen-bond acceptors (Lipinski definition) is 2. The lowest BCUT2D eigenvalue weighted by atomic mass is 9.88. The first-order valence-electron chi connectivity index (χ1n) is 8.99. The fourth-order valence-electron chi connectivity index (χ4n) is 3.62. The summed E-state index contributed by atoms with van der Waals surface area (Å²) >= 11 is 0. The predicted molar refractivity (Wildman–Crippen MR) is 98.1 cm³/mol. The molecule has 2 aromatic rings. The van der Waals surface area contributed by atoms with Gasteiger partial charge in [-0.05, 0) is 49.6 Å². The average Bonchev–Trinajstić information content (AvgIpc) is 3.07. The summed E-state index contributed by atoms with van der Waals surface area (Å²) in [5.41, 5.74) is 1.02. The molecule has 5 heteroatoms. The molecule has 1 heterocycles. The van der Waals surface area contributed by atoms with Crippen LogP contribution in [0.15, 0.2) is 48.5 Å². The Kier molecular flexibility index (Phi) is 5.67. The van der Waals surface area contributed by atoms with Gasteiger partial charge in [-0.2, -0.15) is 0 Å². The Morgan fingerprint density at radius 2 is 1.92 bits per heavy atom. The van der Waals surface area contributed by atoms with Crippen molar-refractivity contribution in [1.29, 1.82) is 0 Å². The Hall–Kier alpha value is -2.27. The van der Waals surface area contributed by atoms with Gasteiger partial charge in [0.25, 0.3) is 5.91 Å². The molecule has 2 unspecified atom stereocenters. The lowest BCUT2D eigenvalue weighted by Crippen LogP contribution is -2.42. The first-order chi connectivity index (χ1) is 12.5. The maximum absolute atomic E-state index is 14.1. The Bertz CT molecular complexity index is 778. The highest BCUT2D eigenvalue weighted by Crippen LogP contribution is 2.30. The second kappa shape index (κ2) is 7.96. The third-order valence-electron chi connectivity index (χ3n) is 5.04. The number of rotatable bonds is 5. The molecular formula is C21H24F2N2O. The van der Waals surface area contributed by atoms with Crippen molar-refractivity contribution in [1.82, 2.24) is 10.2 Å². The van der Waals surface area contributed by atoms with Gasteiger partial charge in [-0.1, -0.05) is 24.3 Å². The summed E-state index contributed by atoms with van der Waals surface area (Å²) in [5, 5.41) is 3.34. The summed E-state index contributed by atoms with van der Waals surface area (Å²) in [6, 6.07) is 12.6. The number of nitrogens with zero attached hydrogens (tertiary/aromatic N) is 1. The van der Waals surface area contributed by atoms with E-state index in [4.69, 9.17) is 0 Å². The van der Waals surface area contributed by atoms with Gasteiger partial charge < -0.3 is 10.2 Å². The van der Waals surface area contributed by atoms with E-state index in [1.807, 2.05) is 19.9 Å². The van der Waals surface area contributed by atoms with Gasteiger partial charge in [0, 0.05) is 31.6 Å². The zero-order valence-electron chi connectivity index (χ0n) is 15.1. The van der Waals surface area contributed by atoms with Crippen LogP contribution in [0.4, 0.5) is 8.78 Å². The molecule has 0 bridgehead atoms. The van der Waals surface area contributed by atoms with Gasteiger partial charge in [0.1, 0.15) is 11.6 Å². The molecule has 1 amide bonds. The van der Waals surface area contributed by atoms with Gasteiger partial charge in [0.2, 0.25) is 0 Å². The first kappa shape index (κ1) is 18.5. The maximum atomic E-state index is 14.1. The topological polar surface area (TPSA) is 32.3 Å². The van der Waals surface area contributed by atoms with Crippen LogP contribution < -0.4 is 5.32 Å². The third kappa shape index (κ3) is 3.93. The molecule has 0 saturated carbocycles. The number of carbonyl (C=O) groups excluding carboxylic acids is 1. The lowest BCUT2D eigenvalue weighted by Gasteiger charge is -2.31. The largest absolute Gasteiger partial charge is 0.336 e. The van der Waals surface area contributed by atoms with Gasteiger partial charge >= 0.3 is 0 Å². The highest BCUT2D eigenvalue weighted by Gasteiger charge is 2.33. The molecule has 2 atom stereocenters. The molecule has 0 spiro atoms. The molecule has 3 rings (SSSR count). The molecule has 26 heavy (non-hydrogen) atoms. The van der Waals surface area contributed by atoms with Gasteiger partial charge in [-0.15, -0.1) is 0 Å². The van der Waals surface area contributed by atoms with E-state index in [2.05, 4.69) is 5.32 Å². The molecule has 3 nitrogen and oxygen atoms in total. The van der Waals surface area contributed by atoms with Crippen LogP contribution in [-0.4, -0.2) is 36.5 Å². The van der Waals surface area contributed by atoms with Crippen molar-refractivity contribution in [3.8, 4) is 0 Å². The van der Waals surface area contributed by atoms with Gasteiger partial charge in [-0.25, -0.2) is 8.78 Å². The van der Waals surface area contributed by atoms with Crippen molar-refractivity contribution in [3.05, 3.63) is 71.3 Å². The zero-order chi connectivity index (χ0) is 18.7. The van der Waals surface area contributed by atoms with Crippen molar-refractivity contribution in [2.75, 3.05) is 19.6 Å². The average molecular weight is 358 g/mol. The molecule has 138 valence electrons. The highest BCUT2D eigenvalue weighted by atomic mass is 19.1. The van der Waals surface area contributed by atoms with E-state index < -0.39 is 5.82 Å². The lowest BCUT2D eigenvalue weighted by molar-refractivity contribution is 0.0667. The van der Waals surface area contributed by atoms with Crippen molar-refractivity contribution in [2.45, 2.75) is 25.8 Å². The first-order valence-corrected chi connectivity index (χ1v) is 8.99. The smallest absolute Gasteiger partial charge is 0.257 e. The van der Waals surface area contributed by atoms with E-state index >= 15 is 0 Å². The number of benzene rings is 2. The Morgan fingerprint density at radius 1 is 1.15 bits per heavy atom. The normalized spacial score (nSPS) is 19.7. The molecule has 0 aliphatic carbocycles. The standard InChI is InChI=1S/C21H24F2N2O/c1-14(2)25(21(26)18-8-3-4-9-20(18)23)13-16-11-24-12-19(16)15-6-5-7-17(22)10-15/h3-10,14,16,19,24H,11-13H2,1-2H3. The summed E-state index contributed by atoms with van der Waals surface area (Å²) in [5.74, 6) is -0.788. The molecular weight excluding hydrogens is 334 g/mol. The van der Waals surface area contributed by atoms with Crippen molar-refractivity contribution in [3.63, 3.8) is 0 Å². The minimum absolute atomic E-state index is 0.0594. The van der Waals surface area contributed by atoms with Crippen LogP contribution >= 0.6 is 0 Å². The molecule has 1 N–H and O–H groups in total. The second-order valence-electron chi connectivity index (χ2n) is 7.11. The second-order valence-corrected chi connectivity index (χ2v) is 7.11. The van der Waals surface area contributed by atoms with Crippen LogP contribution in [0, 0.1) is 17.6 Å². The number of hydrogen-bond donors (Lipinski definition) is 1. The monoisotopic (exact) mass is 358 g/mol. The third-order valence-corrected chi connectivity index (χ3v) is 5.04. The van der Waals surface area contributed by atoms with E-state index in [0.717, 1.165) is 18.7 Å². The molecule has 1 aliphatic rings. The number of nitrogens with one attached hydrogen (secondary N) is 1. The maximum Gasteiger partial charge on any atom is 0.257 e. The van der Waals surface area contributed by atoms with Crippen LogP contribution in [-0.2, 0) is 0 Å². The molecule has 2 aromatic carbocycles. The van der Waals surface area contributed by atoms with E-state index in [1.165, 1.54) is 18.2 Å². The van der Waals surface area contributed by atoms with Gasteiger partial charge in [0.15, 0.2) is 0 Å². The van der Waals surface area contributed by atoms with Crippen LogP contribution in [0.2, 0.25) is 0 Å². The zero-order valence-corrected chi connectivity index (χ0v) is 15.1. The molecule has 1 aliphatic heterocycles. The fourth-order valence-corrected chi connectivity index (χ4v) is 3.62. The predicted octanol–water partition coefficient (Wildman–Crippen LogP) is 3.82. The molecule has 1 saturated heterocycles. The van der Waals surface area contributed by atoms with Crippen LogP contribution in [0.5, 0.6) is 0 Å². The van der Waals surface area contributed by atoms with Crippen LogP contribution in [0.1, 0.15) is 35.7 Å². The molecule has 0 aromatic heterocycles. The van der Waals surface area contributed by atoms with Gasteiger partial charge in [-0.3, -0.25) is 4.79 Å². The minimum Gasteiger partial charge on any atom is -0.336 e. The van der Waals surface area contributed by atoms with Crippen molar-refractivity contribution >= 4 is 5.91 Å². The summed E-state index contributed by atoms with van der Waals surface area (Å²) in [4.78, 5) is 14.6. The Labute approximate surface area is 153 Å². The molecule has 1 fully saturated rings. The molecule has 0 radical (unpaired) electrons.